The number of hydrogen-bond acceptors (Lipinski definition) is 2. The lowest BCUT2D eigenvalue weighted by molar-refractivity contribution is -0.136. The zero-order chi connectivity index (χ0) is 19.3. The number of hydrogen-bond donors (Lipinski definition) is 1. The summed E-state index contributed by atoms with van der Waals surface area (Å²) in [6, 6.07) is 10.7. The fraction of sp³-hybridized carbons (Fsp3) is 0.652. The van der Waals surface area contributed by atoms with Gasteiger partial charge in [0.25, 0.3) is 0 Å². The SMILES string of the molecule is CC(C)C(=O)N1CCC(CC(=O)NCC2(c3ccccc3)CCCC2)CC1. The van der Waals surface area contributed by atoms with Gasteiger partial charge in [0.05, 0.1) is 0 Å². The van der Waals surface area contributed by atoms with Crippen molar-refractivity contribution in [3.8, 4) is 0 Å². The van der Waals surface area contributed by atoms with Crippen LogP contribution in [0.4, 0.5) is 0 Å². The number of rotatable bonds is 6. The molecule has 0 bridgehead atoms. The normalized spacial score (nSPS) is 20.0. The highest BCUT2D eigenvalue weighted by atomic mass is 16.2. The van der Waals surface area contributed by atoms with E-state index in [2.05, 4.69) is 35.6 Å². The highest BCUT2D eigenvalue weighted by molar-refractivity contribution is 5.78. The molecule has 1 saturated heterocycles. The molecule has 1 aromatic carbocycles. The van der Waals surface area contributed by atoms with Crippen LogP contribution in [0, 0.1) is 11.8 Å². The van der Waals surface area contributed by atoms with Gasteiger partial charge in [0, 0.05) is 37.4 Å². The summed E-state index contributed by atoms with van der Waals surface area (Å²) >= 11 is 0. The molecule has 2 fully saturated rings. The Hall–Kier alpha value is -1.84. The first kappa shape index (κ1) is 19.9. The Balaban J connectivity index is 1.48. The van der Waals surface area contributed by atoms with E-state index in [0.717, 1.165) is 45.3 Å². The van der Waals surface area contributed by atoms with Gasteiger partial charge in [-0.15, -0.1) is 0 Å². The van der Waals surface area contributed by atoms with Gasteiger partial charge in [0.1, 0.15) is 0 Å². The van der Waals surface area contributed by atoms with Crippen LogP contribution >= 0.6 is 0 Å². The number of amides is 2. The third-order valence-electron chi connectivity index (χ3n) is 6.46. The summed E-state index contributed by atoms with van der Waals surface area (Å²) in [4.78, 5) is 26.6. The molecule has 2 amide bonds. The van der Waals surface area contributed by atoms with E-state index >= 15 is 0 Å². The number of carbonyl (C=O) groups excluding carboxylic acids is 2. The van der Waals surface area contributed by atoms with Crippen LogP contribution in [0.1, 0.15) is 64.4 Å². The van der Waals surface area contributed by atoms with E-state index in [4.69, 9.17) is 0 Å². The topological polar surface area (TPSA) is 49.4 Å². The molecule has 1 N–H and O–H groups in total. The number of nitrogens with zero attached hydrogens (tertiary/aromatic N) is 1. The first-order valence-corrected chi connectivity index (χ1v) is 10.6. The van der Waals surface area contributed by atoms with Gasteiger partial charge in [-0.05, 0) is 37.2 Å². The molecule has 4 heteroatoms. The van der Waals surface area contributed by atoms with Crippen molar-refractivity contribution in [2.24, 2.45) is 11.8 Å². The lowest BCUT2D eigenvalue weighted by Gasteiger charge is -2.33. The highest BCUT2D eigenvalue weighted by Crippen LogP contribution is 2.40. The van der Waals surface area contributed by atoms with Gasteiger partial charge in [-0.2, -0.15) is 0 Å². The summed E-state index contributed by atoms with van der Waals surface area (Å²) in [5.74, 6) is 0.873. The molecule has 1 heterocycles. The molecule has 1 aliphatic carbocycles. The molecule has 0 aromatic heterocycles. The Morgan fingerprint density at radius 3 is 2.33 bits per heavy atom. The monoisotopic (exact) mass is 370 g/mol. The lowest BCUT2D eigenvalue weighted by Crippen LogP contribution is -2.42. The van der Waals surface area contributed by atoms with Crippen LogP contribution in [0.5, 0.6) is 0 Å². The van der Waals surface area contributed by atoms with Crippen molar-refractivity contribution in [1.29, 1.82) is 0 Å². The summed E-state index contributed by atoms with van der Waals surface area (Å²) < 4.78 is 0. The van der Waals surface area contributed by atoms with Gasteiger partial charge in [-0.25, -0.2) is 0 Å². The Bertz CT molecular complexity index is 627. The Kier molecular flexibility index (Phi) is 6.56. The van der Waals surface area contributed by atoms with Crippen LogP contribution in [-0.2, 0) is 15.0 Å². The van der Waals surface area contributed by atoms with Crippen molar-refractivity contribution in [2.75, 3.05) is 19.6 Å². The molecule has 2 aliphatic rings. The van der Waals surface area contributed by atoms with Crippen LogP contribution in [-0.4, -0.2) is 36.3 Å². The van der Waals surface area contributed by atoms with Crippen molar-refractivity contribution in [2.45, 2.75) is 64.2 Å². The summed E-state index contributed by atoms with van der Waals surface area (Å²) in [6.07, 6.45) is 7.28. The van der Waals surface area contributed by atoms with E-state index in [1.165, 1.54) is 18.4 Å². The molecule has 1 aromatic rings. The van der Waals surface area contributed by atoms with E-state index in [9.17, 15) is 9.59 Å². The number of carbonyl (C=O) groups is 2. The highest BCUT2D eigenvalue weighted by Gasteiger charge is 2.36. The van der Waals surface area contributed by atoms with E-state index in [-0.39, 0.29) is 23.1 Å². The van der Waals surface area contributed by atoms with E-state index in [1.807, 2.05) is 18.7 Å². The van der Waals surface area contributed by atoms with Gasteiger partial charge >= 0.3 is 0 Å². The minimum Gasteiger partial charge on any atom is -0.355 e. The maximum atomic E-state index is 12.6. The number of nitrogens with one attached hydrogen (secondary N) is 1. The first-order chi connectivity index (χ1) is 13.0. The maximum Gasteiger partial charge on any atom is 0.225 e. The second-order valence-corrected chi connectivity index (χ2v) is 8.76. The molecule has 27 heavy (non-hydrogen) atoms. The van der Waals surface area contributed by atoms with Crippen molar-refractivity contribution in [3.05, 3.63) is 35.9 Å². The predicted octanol–water partition coefficient (Wildman–Crippen LogP) is 3.90. The number of piperidine rings is 1. The minimum absolute atomic E-state index is 0.0606. The summed E-state index contributed by atoms with van der Waals surface area (Å²) in [5.41, 5.74) is 1.48. The smallest absolute Gasteiger partial charge is 0.225 e. The molecule has 0 atom stereocenters. The van der Waals surface area contributed by atoms with Crippen molar-refractivity contribution >= 4 is 11.8 Å². The Morgan fingerprint density at radius 1 is 1.11 bits per heavy atom. The second kappa shape index (κ2) is 8.90. The first-order valence-electron chi connectivity index (χ1n) is 10.6. The molecular weight excluding hydrogens is 336 g/mol. The predicted molar refractivity (Wildman–Crippen MR) is 108 cm³/mol. The largest absolute Gasteiger partial charge is 0.355 e. The molecule has 0 radical (unpaired) electrons. The quantitative estimate of drug-likeness (QED) is 0.826. The molecule has 4 nitrogen and oxygen atoms in total. The van der Waals surface area contributed by atoms with E-state index in [1.54, 1.807) is 0 Å². The lowest BCUT2D eigenvalue weighted by atomic mass is 9.78. The van der Waals surface area contributed by atoms with Crippen LogP contribution in [0.2, 0.25) is 0 Å². The summed E-state index contributed by atoms with van der Waals surface area (Å²) in [5, 5.41) is 3.24. The third-order valence-corrected chi connectivity index (χ3v) is 6.46. The van der Waals surface area contributed by atoms with Gasteiger partial charge in [0.2, 0.25) is 11.8 Å². The average molecular weight is 371 g/mol. The molecule has 3 rings (SSSR count). The zero-order valence-electron chi connectivity index (χ0n) is 16.9. The maximum absolute atomic E-state index is 12.6. The van der Waals surface area contributed by atoms with Crippen molar-refractivity contribution < 1.29 is 9.59 Å². The molecule has 148 valence electrons. The molecule has 0 unspecified atom stereocenters. The fourth-order valence-electron chi connectivity index (χ4n) is 4.74. The average Bonchev–Trinajstić information content (AvgIpc) is 3.17. The van der Waals surface area contributed by atoms with Crippen LogP contribution in [0.25, 0.3) is 0 Å². The van der Waals surface area contributed by atoms with Gasteiger partial charge < -0.3 is 10.2 Å². The summed E-state index contributed by atoms with van der Waals surface area (Å²) in [6.45, 7) is 6.24. The molecular formula is C23H34N2O2. The van der Waals surface area contributed by atoms with Gasteiger partial charge in [-0.3, -0.25) is 9.59 Å². The molecule has 1 aliphatic heterocycles. The Morgan fingerprint density at radius 2 is 1.74 bits per heavy atom. The minimum atomic E-state index is 0.0606. The zero-order valence-corrected chi connectivity index (χ0v) is 16.9. The van der Waals surface area contributed by atoms with Crippen molar-refractivity contribution in [1.82, 2.24) is 10.2 Å². The van der Waals surface area contributed by atoms with E-state index in [0.29, 0.717) is 12.3 Å². The fourth-order valence-corrected chi connectivity index (χ4v) is 4.74. The number of likely N-dealkylation sites (tertiary alicyclic amines) is 1. The van der Waals surface area contributed by atoms with Crippen LogP contribution in [0.3, 0.4) is 0 Å². The molecule has 0 spiro atoms. The van der Waals surface area contributed by atoms with Gasteiger partial charge in [-0.1, -0.05) is 57.0 Å². The standard InChI is InChI=1S/C23H34N2O2/c1-18(2)22(27)25-14-10-19(11-15-25)16-21(26)24-17-23(12-6-7-13-23)20-8-4-3-5-9-20/h3-5,8-9,18-19H,6-7,10-17H2,1-2H3,(H,24,26). The van der Waals surface area contributed by atoms with Crippen LogP contribution in [0.15, 0.2) is 30.3 Å². The summed E-state index contributed by atoms with van der Waals surface area (Å²) in [7, 11) is 0. The van der Waals surface area contributed by atoms with Gasteiger partial charge in [0.15, 0.2) is 0 Å². The second-order valence-electron chi connectivity index (χ2n) is 8.76. The van der Waals surface area contributed by atoms with E-state index < -0.39 is 0 Å². The van der Waals surface area contributed by atoms with Crippen LogP contribution < -0.4 is 5.32 Å². The van der Waals surface area contributed by atoms with Crippen molar-refractivity contribution in [3.63, 3.8) is 0 Å². The Labute approximate surface area is 163 Å². The third kappa shape index (κ3) is 4.91. The number of benzene rings is 1. The molecule has 1 saturated carbocycles.